The monoisotopic (exact) mass is 420 g/mol. The van der Waals surface area contributed by atoms with Gasteiger partial charge in [-0.05, 0) is 6.92 Å². The molecule has 2 N–H and O–H groups in total. The molecule has 0 aromatic carbocycles. The Bertz CT molecular complexity index is 1430. The predicted octanol–water partition coefficient (Wildman–Crippen LogP) is -1.67. The molecule has 0 amide bonds. The van der Waals surface area contributed by atoms with Crippen LogP contribution < -0.4 is 22.5 Å². The highest BCUT2D eigenvalue weighted by molar-refractivity contribution is 5.73. The molecule has 0 aliphatic rings. The molecule has 30 heavy (non-hydrogen) atoms. The fraction of sp³-hybridized carbons (Fsp3) is 0.438. The zero-order valence-corrected chi connectivity index (χ0v) is 16.9. The summed E-state index contributed by atoms with van der Waals surface area (Å²) in [7, 11) is 5.18. The first kappa shape index (κ1) is 20.9. The molecule has 1 atom stereocenters. The largest absolute Gasteiger partial charge is 0.493 e. The van der Waals surface area contributed by atoms with Gasteiger partial charge in [-0.3, -0.25) is 32.4 Å². The van der Waals surface area contributed by atoms with Crippen molar-refractivity contribution in [1.29, 1.82) is 0 Å². The second kappa shape index (κ2) is 7.22. The summed E-state index contributed by atoms with van der Waals surface area (Å²) in [5.41, 5.74) is -3.40. The van der Waals surface area contributed by atoms with E-state index in [1.165, 1.54) is 39.7 Å². The molecule has 3 aromatic heterocycles. The van der Waals surface area contributed by atoms with Crippen LogP contribution >= 0.6 is 0 Å². The second-order valence-electron chi connectivity index (χ2n) is 6.83. The van der Waals surface area contributed by atoms with Crippen molar-refractivity contribution in [2.75, 3.05) is 0 Å². The third-order valence-electron chi connectivity index (χ3n) is 4.62. The molecule has 0 aliphatic carbocycles. The van der Waals surface area contributed by atoms with E-state index in [1.54, 1.807) is 0 Å². The van der Waals surface area contributed by atoms with Gasteiger partial charge in [0.1, 0.15) is 0 Å². The summed E-state index contributed by atoms with van der Waals surface area (Å²) in [4.78, 5) is 53.1. The van der Waals surface area contributed by atoms with E-state index < -0.39 is 40.2 Å². The lowest BCUT2D eigenvalue weighted by Crippen LogP contribution is -2.37. The third kappa shape index (κ3) is 3.06. The van der Waals surface area contributed by atoms with Gasteiger partial charge in [-0.1, -0.05) is 0 Å². The predicted molar refractivity (Wildman–Crippen MR) is 105 cm³/mol. The van der Waals surface area contributed by atoms with Crippen molar-refractivity contribution in [3.8, 4) is 5.88 Å². The molecule has 0 radical (unpaired) electrons. The smallest absolute Gasteiger partial charge is 0.333 e. The zero-order valence-electron chi connectivity index (χ0n) is 16.9. The summed E-state index contributed by atoms with van der Waals surface area (Å²) in [5, 5.41) is 27.5. The number of aliphatic hydroxyl groups excluding tert-OH is 1. The van der Waals surface area contributed by atoms with Gasteiger partial charge < -0.3 is 10.2 Å². The highest BCUT2D eigenvalue weighted by Crippen LogP contribution is 2.24. The maximum Gasteiger partial charge on any atom is 0.333 e. The van der Waals surface area contributed by atoms with Crippen LogP contribution in [-0.4, -0.2) is 44.1 Å². The molecule has 160 valence electrons. The molecular formula is C16H20N8O6. The number of azo groups is 1. The number of hydrogen-bond donors (Lipinski definition) is 2. The number of rotatable bonds is 4. The summed E-state index contributed by atoms with van der Waals surface area (Å²) < 4.78 is 4.84. The minimum absolute atomic E-state index is 0.00651. The van der Waals surface area contributed by atoms with Crippen molar-refractivity contribution >= 4 is 22.8 Å². The van der Waals surface area contributed by atoms with Crippen LogP contribution in [0.3, 0.4) is 0 Å². The summed E-state index contributed by atoms with van der Waals surface area (Å²) in [6, 6.07) is 0. The van der Waals surface area contributed by atoms with E-state index in [2.05, 4.69) is 15.2 Å². The molecule has 3 aromatic rings. The van der Waals surface area contributed by atoms with Crippen LogP contribution in [0.25, 0.3) is 11.2 Å². The Hall–Kier alpha value is -3.81. The average Bonchev–Trinajstić information content (AvgIpc) is 3.05. The lowest BCUT2D eigenvalue weighted by molar-refractivity contribution is 0.175. The highest BCUT2D eigenvalue weighted by atomic mass is 16.3. The van der Waals surface area contributed by atoms with Gasteiger partial charge >= 0.3 is 11.4 Å². The lowest BCUT2D eigenvalue weighted by atomic mass is 10.4. The summed E-state index contributed by atoms with van der Waals surface area (Å²) in [6.45, 7) is 1.38. The fourth-order valence-electron chi connectivity index (χ4n) is 2.95. The van der Waals surface area contributed by atoms with Crippen molar-refractivity contribution in [3.05, 3.63) is 41.7 Å². The molecule has 0 aliphatic heterocycles. The van der Waals surface area contributed by atoms with Gasteiger partial charge in [0.15, 0.2) is 11.2 Å². The second-order valence-corrected chi connectivity index (χ2v) is 6.83. The Balaban J connectivity index is 2.33. The third-order valence-corrected chi connectivity index (χ3v) is 4.62. The Morgan fingerprint density at radius 2 is 1.47 bits per heavy atom. The number of aryl methyl sites for hydroxylation is 1. The molecular weight excluding hydrogens is 400 g/mol. The number of aromatic nitrogens is 6. The molecule has 0 unspecified atom stereocenters. The van der Waals surface area contributed by atoms with Gasteiger partial charge in [-0.25, -0.2) is 9.59 Å². The van der Waals surface area contributed by atoms with Crippen molar-refractivity contribution in [2.45, 2.75) is 19.6 Å². The van der Waals surface area contributed by atoms with Crippen molar-refractivity contribution in [3.63, 3.8) is 0 Å². The summed E-state index contributed by atoms with van der Waals surface area (Å²) >= 11 is 0. The average molecular weight is 420 g/mol. The molecule has 0 bridgehead atoms. The van der Waals surface area contributed by atoms with E-state index in [-0.39, 0.29) is 23.7 Å². The van der Waals surface area contributed by atoms with E-state index in [9.17, 15) is 29.4 Å². The Morgan fingerprint density at radius 3 is 2.07 bits per heavy atom. The normalized spacial score (nSPS) is 12.9. The molecule has 14 nitrogen and oxygen atoms in total. The first-order valence-corrected chi connectivity index (χ1v) is 8.72. The van der Waals surface area contributed by atoms with Gasteiger partial charge in [0.25, 0.3) is 17.1 Å². The van der Waals surface area contributed by atoms with Gasteiger partial charge in [0, 0.05) is 28.2 Å². The van der Waals surface area contributed by atoms with Gasteiger partial charge in [-0.2, -0.15) is 4.98 Å². The fourth-order valence-corrected chi connectivity index (χ4v) is 2.95. The van der Waals surface area contributed by atoms with Crippen LogP contribution in [0.1, 0.15) is 6.92 Å². The molecule has 0 spiro atoms. The standard InChI is InChI=1S/C16H20N8O6/c1-7(25)6-24-9-10(20(2)15(29)23(5)13(9)28)17-14(24)19-18-8-11(26)21(3)16(30)22(4)12(8)27/h7,25-26H,6H2,1-5H3/t7-/m0/s1. The maximum atomic E-state index is 12.6. The van der Waals surface area contributed by atoms with Crippen LogP contribution in [0.4, 0.5) is 11.6 Å². The lowest BCUT2D eigenvalue weighted by Gasteiger charge is -2.09. The molecule has 14 heteroatoms. The molecule has 0 saturated heterocycles. The van der Waals surface area contributed by atoms with Gasteiger partial charge in [0.2, 0.25) is 11.6 Å². The maximum absolute atomic E-state index is 12.6. The number of aliphatic hydroxyl groups is 1. The minimum atomic E-state index is -0.905. The Kier molecular flexibility index (Phi) is 5.03. The van der Waals surface area contributed by atoms with E-state index in [4.69, 9.17) is 0 Å². The summed E-state index contributed by atoms with van der Waals surface area (Å²) in [5.74, 6) is -0.882. The van der Waals surface area contributed by atoms with E-state index >= 15 is 0 Å². The number of fused-ring (bicyclic) bond motifs is 1. The Morgan fingerprint density at radius 1 is 0.900 bits per heavy atom. The SMILES string of the molecule is C[C@H](O)Cn1c(N=Nc2c(O)n(C)c(=O)n(C)c2=O)nc2c1c(=O)n(C)c(=O)n2C. The molecule has 3 heterocycles. The van der Waals surface area contributed by atoms with Crippen molar-refractivity contribution in [2.24, 2.45) is 38.4 Å². The molecule has 3 rings (SSSR count). The first-order chi connectivity index (χ1) is 14.0. The van der Waals surface area contributed by atoms with Gasteiger partial charge in [0.05, 0.1) is 12.6 Å². The van der Waals surface area contributed by atoms with E-state index in [1.807, 2.05) is 0 Å². The number of imidazole rings is 1. The van der Waals surface area contributed by atoms with E-state index in [0.29, 0.717) is 0 Å². The quantitative estimate of drug-likeness (QED) is 0.475. The number of hydrogen-bond acceptors (Lipinski definition) is 9. The molecule has 0 saturated carbocycles. The Labute approximate surface area is 167 Å². The summed E-state index contributed by atoms with van der Waals surface area (Å²) in [6.07, 6.45) is -0.905. The number of aromatic hydroxyl groups is 1. The van der Waals surface area contributed by atoms with Crippen LogP contribution in [0.5, 0.6) is 5.88 Å². The van der Waals surface area contributed by atoms with E-state index in [0.717, 1.165) is 18.3 Å². The van der Waals surface area contributed by atoms with Crippen molar-refractivity contribution < 1.29 is 10.2 Å². The zero-order chi connectivity index (χ0) is 22.5. The number of nitrogens with zero attached hydrogens (tertiary/aromatic N) is 8. The van der Waals surface area contributed by atoms with Crippen LogP contribution in [-0.2, 0) is 34.7 Å². The van der Waals surface area contributed by atoms with Crippen LogP contribution in [0, 0.1) is 0 Å². The highest BCUT2D eigenvalue weighted by Gasteiger charge is 2.21. The first-order valence-electron chi connectivity index (χ1n) is 8.72. The van der Waals surface area contributed by atoms with Crippen LogP contribution in [0.15, 0.2) is 29.4 Å². The van der Waals surface area contributed by atoms with Gasteiger partial charge in [-0.15, -0.1) is 10.2 Å². The minimum Gasteiger partial charge on any atom is -0.493 e. The topological polar surface area (TPSA) is 171 Å². The van der Waals surface area contributed by atoms with Crippen LogP contribution in [0.2, 0.25) is 0 Å². The van der Waals surface area contributed by atoms with Crippen molar-refractivity contribution in [1.82, 2.24) is 27.8 Å². The molecule has 0 fully saturated rings.